The second-order valence-electron chi connectivity index (χ2n) is 3.27. The Bertz CT molecular complexity index is 311. The minimum atomic E-state index is -1.32. The summed E-state index contributed by atoms with van der Waals surface area (Å²) in [5.41, 5.74) is 0. The third-order valence-corrected chi connectivity index (χ3v) is 1.69. The number of carbonyl (C=O) groups is 4. The summed E-state index contributed by atoms with van der Waals surface area (Å²) in [6.45, 7) is 1.20. The third kappa shape index (κ3) is 6.52. The van der Waals surface area contributed by atoms with Crippen molar-refractivity contribution < 1.29 is 29.4 Å². The molecule has 7 heteroatoms. The molecule has 0 unspecified atom stereocenters. The molecule has 0 aromatic carbocycles. The molecule has 7 nitrogen and oxygen atoms in total. The van der Waals surface area contributed by atoms with Gasteiger partial charge in [0.2, 0.25) is 5.91 Å². The summed E-state index contributed by atoms with van der Waals surface area (Å²) in [5.74, 6) is -3.57. The highest BCUT2D eigenvalue weighted by Gasteiger charge is 2.21. The molecule has 3 N–H and O–H groups in total. The number of nitrogens with one attached hydrogen (secondary N) is 1. The predicted molar refractivity (Wildman–Crippen MR) is 51.7 cm³/mol. The van der Waals surface area contributed by atoms with E-state index in [0.29, 0.717) is 0 Å². The maximum absolute atomic E-state index is 11.1. The van der Waals surface area contributed by atoms with Crippen molar-refractivity contribution in [3.8, 4) is 0 Å². The van der Waals surface area contributed by atoms with Crippen molar-refractivity contribution in [3.05, 3.63) is 0 Å². The van der Waals surface area contributed by atoms with Gasteiger partial charge in [-0.25, -0.2) is 4.79 Å². The van der Waals surface area contributed by atoms with Gasteiger partial charge in [-0.2, -0.15) is 0 Å². The van der Waals surface area contributed by atoms with Crippen LogP contribution < -0.4 is 5.32 Å². The van der Waals surface area contributed by atoms with Gasteiger partial charge in [-0.05, 0) is 13.3 Å². The molecular formula is C9H13NO6. The van der Waals surface area contributed by atoms with Crippen molar-refractivity contribution in [1.29, 1.82) is 0 Å². The molecule has 0 aliphatic heterocycles. The average Bonchev–Trinajstić information content (AvgIpc) is 2.09. The molecule has 0 heterocycles. The second kappa shape index (κ2) is 6.54. The first-order valence-electron chi connectivity index (χ1n) is 4.56. The molecule has 0 aromatic rings. The highest BCUT2D eigenvalue weighted by Crippen LogP contribution is 1.99. The normalized spacial score (nSPS) is 11.6. The van der Waals surface area contributed by atoms with E-state index >= 15 is 0 Å². The van der Waals surface area contributed by atoms with E-state index in [2.05, 4.69) is 5.32 Å². The van der Waals surface area contributed by atoms with Crippen molar-refractivity contribution >= 4 is 23.6 Å². The predicted octanol–water partition coefficient (Wildman–Crippen LogP) is -0.600. The van der Waals surface area contributed by atoms with E-state index in [1.165, 1.54) is 6.92 Å². The Kier molecular flexibility index (Phi) is 5.76. The summed E-state index contributed by atoms with van der Waals surface area (Å²) < 4.78 is 0. The highest BCUT2D eigenvalue weighted by atomic mass is 16.4. The number of rotatable bonds is 7. The van der Waals surface area contributed by atoms with Crippen LogP contribution >= 0.6 is 0 Å². The zero-order chi connectivity index (χ0) is 12.7. The number of aliphatic carboxylic acids is 2. The lowest BCUT2D eigenvalue weighted by Gasteiger charge is -2.12. The fraction of sp³-hybridized carbons (Fsp3) is 0.556. The van der Waals surface area contributed by atoms with Crippen LogP contribution in [0.25, 0.3) is 0 Å². The average molecular weight is 231 g/mol. The Morgan fingerprint density at radius 2 is 1.75 bits per heavy atom. The van der Waals surface area contributed by atoms with E-state index in [9.17, 15) is 19.2 Å². The van der Waals surface area contributed by atoms with Crippen molar-refractivity contribution in [2.45, 2.75) is 32.2 Å². The standard InChI is InChI=1S/C9H13NO6/c1-5(11)4-7(12)10-6(9(15)16)2-3-8(13)14/h6H,2-4H2,1H3,(H,10,12)(H,13,14)(H,15,16)/t6-/m0/s1. The SMILES string of the molecule is CC(=O)CC(=O)N[C@@H](CCC(=O)O)C(=O)O. The molecule has 16 heavy (non-hydrogen) atoms. The van der Waals surface area contributed by atoms with Crippen molar-refractivity contribution in [1.82, 2.24) is 5.32 Å². The summed E-state index contributed by atoms with van der Waals surface area (Å²) in [7, 11) is 0. The summed E-state index contributed by atoms with van der Waals surface area (Å²) >= 11 is 0. The van der Waals surface area contributed by atoms with Crippen LogP contribution in [-0.4, -0.2) is 39.9 Å². The molecule has 0 radical (unpaired) electrons. The Labute approximate surface area is 91.4 Å². The minimum Gasteiger partial charge on any atom is -0.481 e. The minimum absolute atomic E-state index is 0.214. The van der Waals surface area contributed by atoms with Gasteiger partial charge in [0.25, 0.3) is 0 Å². The van der Waals surface area contributed by atoms with Crippen LogP contribution in [0.4, 0.5) is 0 Å². The van der Waals surface area contributed by atoms with Gasteiger partial charge in [0.15, 0.2) is 0 Å². The lowest BCUT2D eigenvalue weighted by Crippen LogP contribution is -2.41. The first kappa shape index (κ1) is 14.1. The number of hydrogen-bond donors (Lipinski definition) is 3. The number of hydrogen-bond acceptors (Lipinski definition) is 4. The van der Waals surface area contributed by atoms with Gasteiger partial charge in [0.05, 0.1) is 6.42 Å². The van der Waals surface area contributed by atoms with Crippen LogP contribution in [0.1, 0.15) is 26.2 Å². The smallest absolute Gasteiger partial charge is 0.326 e. The Hall–Kier alpha value is -1.92. The van der Waals surface area contributed by atoms with Crippen LogP contribution in [0.15, 0.2) is 0 Å². The van der Waals surface area contributed by atoms with E-state index in [4.69, 9.17) is 10.2 Å². The van der Waals surface area contributed by atoms with Gasteiger partial charge in [-0.15, -0.1) is 0 Å². The molecule has 0 saturated heterocycles. The van der Waals surface area contributed by atoms with Crippen LogP contribution in [0.3, 0.4) is 0 Å². The summed E-state index contributed by atoms with van der Waals surface area (Å²) in [5, 5.41) is 19.1. The Morgan fingerprint density at radius 3 is 2.12 bits per heavy atom. The van der Waals surface area contributed by atoms with E-state index in [1.807, 2.05) is 0 Å². The Balaban J connectivity index is 4.22. The maximum Gasteiger partial charge on any atom is 0.326 e. The monoisotopic (exact) mass is 231 g/mol. The van der Waals surface area contributed by atoms with Crippen molar-refractivity contribution in [2.24, 2.45) is 0 Å². The largest absolute Gasteiger partial charge is 0.481 e. The quantitative estimate of drug-likeness (QED) is 0.503. The molecule has 1 atom stereocenters. The molecule has 90 valence electrons. The van der Waals surface area contributed by atoms with Gasteiger partial charge in [-0.3, -0.25) is 14.4 Å². The van der Waals surface area contributed by atoms with Gasteiger partial charge in [-0.1, -0.05) is 0 Å². The van der Waals surface area contributed by atoms with Crippen molar-refractivity contribution in [3.63, 3.8) is 0 Å². The number of amides is 1. The summed E-state index contributed by atoms with van der Waals surface area (Å²) in [6.07, 6.45) is -0.984. The van der Waals surface area contributed by atoms with E-state index in [1.54, 1.807) is 0 Å². The molecule has 0 bridgehead atoms. The third-order valence-electron chi connectivity index (χ3n) is 1.69. The first-order valence-corrected chi connectivity index (χ1v) is 4.56. The van der Waals surface area contributed by atoms with Gasteiger partial charge >= 0.3 is 11.9 Å². The summed E-state index contributed by atoms with van der Waals surface area (Å²) in [6, 6.07) is -1.28. The van der Waals surface area contributed by atoms with E-state index in [-0.39, 0.29) is 18.6 Å². The zero-order valence-corrected chi connectivity index (χ0v) is 8.73. The number of carbonyl (C=O) groups excluding carboxylic acids is 2. The molecule has 0 fully saturated rings. The number of carboxylic acids is 2. The highest BCUT2D eigenvalue weighted by molar-refractivity contribution is 5.98. The van der Waals surface area contributed by atoms with Crippen molar-refractivity contribution in [2.75, 3.05) is 0 Å². The van der Waals surface area contributed by atoms with Gasteiger partial charge in [0.1, 0.15) is 11.8 Å². The number of Topliss-reactive ketones (excluding diaryl/α,β-unsaturated/α-hetero) is 1. The molecule has 0 saturated carbocycles. The Morgan fingerprint density at radius 1 is 1.19 bits per heavy atom. The fourth-order valence-corrected chi connectivity index (χ4v) is 0.997. The molecule has 0 spiro atoms. The van der Waals surface area contributed by atoms with Gasteiger partial charge < -0.3 is 15.5 Å². The molecule has 0 rings (SSSR count). The van der Waals surface area contributed by atoms with Crippen LogP contribution in [0.2, 0.25) is 0 Å². The zero-order valence-electron chi connectivity index (χ0n) is 8.73. The molecular weight excluding hydrogens is 218 g/mol. The lowest BCUT2D eigenvalue weighted by molar-refractivity contribution is -0.143. The fourth-order valence-electron chi connectivity index (χ4n) is 0.997. The molecule has 0 aliphatic rings. The van der Waals surface area contributed by atoms with E-state index < -0.39 is 30.3 Å². The maximum atomic E-state index is 11.1. The number of ketones is 1. The van der Waals surface area contributed by atoms with Gasteiger partial charge in [0, 0.05) is 6.42 Å². The second-order valence-corrected chi connectivity index (χ2v) is 3.27. The molecule has 0 aromatic heterocycles. The van der Waals surface area contributed by atoms with Crippen LogP contribution in [0, 0.1) is 0 Å². The molecule has 0 aliphatic carbocycles. The topological polar surface area (TPSA) is 121 Å². The van der Waals surface area contributed by atoms with E-state index in [0.717, 1.165) is 0 Å². The lowest BCUT2D eigenvalue weighted by atomic mass is 10.1. The molecule has 1 amide bonds. The summed E-state index contributed by atoms with van der Waals surface area (Å²) in [4.78, 5) is 42.5. The van der Waals surface area contributed by atoms with Crippen LogP contribution in [0.5, 0.6) is 0 Å². The van der Waals surface area contributed by atoms with Crippen LogP contribution in [-0.2, 0) is 19.2 Å². The first-order chi connectivity index (χ1) is 7.32. The number of carboxylic acid groups (broad SMARTS) is 2.